The Balaban J connectivity index is 1.52. The van der Waals surface area contributed by atoms with E-state index in [2.05, 4.69) is 16.0 Å². The van der Waals surface area contributed by atoms with Crippen molar-refractivity contribution in [3.63, 3.8) is 0 Å². The Labute approximate surface area is 213 Å². The molecule has 0 aromatic heterocycles. The molecule has 0 heterocycles. The van der Waals surface area contributed by atoms with Gasteiger partial charge in [-0.3, -0.25) is 4.79 Å². The van der Waals surface area contributed by atoms with E-state index in [4.69, 9.17) is 17.3 Å². The minimum atomic E-state index is -3.54. The van der Waals surface area contributed by atoms with Gasteiger partial charge in [-0.1, -0.05) is 35.9 Å². The van der Waals surface area contributed by atoms with Crippen molar-refractivity contribution in [1.29, 1.82) is 0 Å². The molecule has 3 aromatic rings. The Kier molecular flexibility index (Phi) is 7.03. The van der Waals surface area contributed by atoms with Crippen molar-refractivity contribution in [1.82, 2.24) is 5.32 Å². The number of urea groups is 1. The van der Waals surface area contributed by atoms with Gasteiger partial charge in [-0.25, -0.2) is 17.6 Å². The van der Waals surface area contributed by atoms with Crippen LogP contribution in [-0.2, 0) is 14.6 Å². The Morgan fingerprint density at radius 2 is 1.78 bits per heavy atom. The van der Waals surface area contributed by atoms with Crippen LogP contribution in [0.3, 0.4) is 0 Å². The average molecular weight is 531 g/mol. The molecule has 0 radical (unpaired) electrons. The lowest BCUT2D eigenvalue weighted by Crippen LogP contribution is -2.50. The van der Waals surface area contributed by atoms with E-state index >= 15 is 0 Å². The molecule has 8 nitrogen and oxygen atoms in total. The summed E-state index contributed by atoms with van der Waals surface area (Å²) in [5.74, 6) is -1.68. The van der Waals surface area contributed by atoms with Crippen LogP contribution in [0.1, 0.15) is 6.42 Å². The number of carbonyl (C=O) groups is 2. The fraction of sp³-hybridized carbons (Fsp3) is 0.200. The van der Waals surface area contributed by atoms with Crippen LogP contribution in [0.4, 0.5) is 20.6 Å². The number of hydrogen-bond acceptors (Lipinski definition) is 5. The number of carbonyl (C=O) groups excluding carboxylic acids is 2. The van der Waals surface area contributed by atoms with Gasteiger partial charge in [0.25, 0.3) is 5.91 Å². The fourth-order valence-electron chi connectivity index (χ4n) is 4.05. The molecule has 1 saturated carbocycles. The van der Waals surface area contributed by atoms with E-state index in [-0.39, 0.29) is 23.0 Å². The molecule has 0 bridgehead atoms. The molecule has 11 heteroatoms. The molecule has 2 atom stereocenters. The third-order valence-electron chi connectivity index (χ3n) is 6.05. The number of sulfone groups is 1. The van der Waals surface area contributed by atoms with E-state index in [0.717, 1.165) is 12.3 Å². The lowest BCUT2D eigenvalue weighted by Gasteiger charge is -2.20. The maximum atomic E-state index is 15.0. The summed E-state index contributed by atoms with van der Waals surface area (Å²) in [5.41, 5.74) is 5.53. The molecule has 36 heavy (non-hydrogen) atoms. The lowest BCUT2D eigenvalue weighted by atomic mass is 10.0. The van der Waals surface area contributed by atoms with Crippen molar-refractivity contribution < 1.29 is 22.4 Å². The van der Waals surface area contributed by atoms with Crippen molar-refractivity contribution in [2.24, 2.45) is 11.7 Å². The Hall–Kier alpha value is -3.47. The summed E-state index contributed by atoms with van der Waals surface area (Å²) < 4.78 is 39.2. The zero-order valence-electron chi connectivity index (χ0n) is 19.2. The second kappa shape index (κ2) is 9.88. The van der Waals surface area contributed by atoms with E-state index in [0.29, 0.717) is 28.3 Å². The minimum absolute atomic E-state index is 0.0693. The van der Waals surface area contributed by atoms with Crippen LogP contribution in [0.25, 0.3) is 11.1 Å². The van der Waals surface area contributed by atoms with Gasteiger partial charge >= 0.3 is 6.03 Å². The minimum Gasteiger partial charge on any atom is -0.330 e. The van der Waals surface area contributed by atoms with Gasteiger partial charge < -0.3 is 21.7 Å². The molecule has 2 unspecified atom stereocenters. The smallest absolute Gasteiger partial charge is 0.320 e. The van der Waals surface area contributed by atoms with Crippen molar-refractivity contribution in [2.45, 2.75) is 16.9 Å². The third-order valence-corrected chi connectivity index (χ3v) is 7.46. The van der Waals surface area contributed by atoms with Crippen molar-refractivity contribution in [2.75, 3.05) is 23.4 Å². The van der Waals surface area contributed by atoms with Crippen LogP contribution in [0.5, 0.6) is 0 Å². The Bertz CT molecular complexity index is 1430. The normalized spacial score (nSPS) is 18.8. The second-order valence-corrected chi connectivity index (χ2v) is 11.0. The van der Waals surface area contributed by atoms with E-state index in [1.165, 1.54) is 18.2 Å². The first-order valence-electron chi connectivity index (χ1n) is 11.0. The van der Waals surface area contributed by atoms with Crippen molar-refractivity contribution in [3.8, 4) is 11.1 Å². The summed E-state index contributed by atoms with van der Waals surface area (Å²) in [4.78, 5) is 25.7. The SMILES string of the molecule is CS(=O)(=O)c1ccccc1-c1ccc(NC(=O)C2(NC(=O)Nc3ccc(Cl)cc3)CC2CN)c(F)c1. The molecule has 3 amide bonds. The van der Waals surface area contributed by atoms with Gasteiger partial charge in [0.2, 0.25) is 0 Å². The molecule has 188 valence electrons. The zero-order valence-corrected chi connectivity index (χ0v) is 20.8. The molecule has 1 aliphatic carbocycles. The van der Waals surface area contributed by atoms with Gasteiger partial charge in [0, 0.05) is 28.4 Å². The molecule has 5 N–H and O–H groups in total. The van der Waals surface area contributed by atoms with Gasteiger partial charge in [-0.15, -0.1) is 0 Å². The number of nitrogens with two attached hydrogens (primary N) is 1. The van der Waals surface area contributed by atoms with Crippen LogP contribution < -0.4 is 21.7 Å². The summed E-state index contributed by atoms with van der Waals surface area (Å²) >= 11 is 5.85. The average Bonchev–Trinajstić information content (AvgIpc) is 3.55. The van der Waals surface area contributed by atoms with E-state index in [9.17, 15) is 22.4 Å². The van der Waals surface area contributed by atoms with Crippen molar-refractivity contribution in [3.05, 3.63) is 77.6 Å². The lowest BCUT2D eigenvalue weighted by molar-refractivity contribution is -0.119. The largest absolute Gasteiger partial charge is 0.330 e. The van der Waals surface area contributed by atoms with E-state index in [1.807, 2.05) is 0 Å². The number of anilines is 2. The molecule has 1 fully saturated rings. The standard InChI is InChI=1S/C25H24ClFN4O4S/c1-36(34,35)22-5-3-2-4-19(22)15-6-11-21(20(27)12-15)30-23(32)25(13-16(25)14-28)31-24(33)29-18-9-7-17(26)8-10-18/h2-12,16H,13-14,28H2,1H3,(H,30,32)(H2,29,31,33). The highest BCUT2D eigenvalue weighted by Crippen LogP contribution is 2.44. The van der Waals surface area contributed by atoms with Gasteiger partial charge in [0.05, 0.1) is 10.6 Å². The molecule has 0 saturated heterocycles. The summed E-state index contributed by atoms with van der Waals surface area (Å²) in [6, 6.07) is 16.1. The Morgan fingerprint density at radius 3 is 2.39 bits per heavy atom. The van der Waals surface area contributed by atoms with Crippen molar-refractivity contribution >= 4 is 44.8 Å². The fourth-order valence-corrected chi connectivity index (χ4v) is 5.08. The molecular weight excluding hydrogens is 507 g/mol. The predicted molar refractivity (Wildman–Crippen MR) is 137 cm³/mol. The molecule has 1 aliphatic rings. The first-order valence-corrected chi connectivity index (χ1v) is 13.3. The highest BCUT2D eigenvalue weighted by Gasteiger charge is 2.60. The highest BCUT2D eigenvalue weighted by molar-refractivity contribution is 7.90. The number of halogens is 2. The molecule has 0 aliphatic heterocycles. The maximum absolute atomic E-state index is 15.0. The van der Waals surface area contributed by atoms with Gasteiger partial charge in [0.1, 0.15) is 11.4 Å². The summed E-state index contributed by atoms with van der Waals surface area (Å²) in [5, 5.41) is 8.34. The molecule has 4 rings (SSSR count). The monoisotopic (exact) mass is 530 g/mol. The van der Waals surface area contributed by atoms with Crippen LogP contribution in [0.15, 0.2) is 71.6 Å². The number of nitrogens with one attached hydrogen (secondary N) is 3. The summed E-state index contributed by atoms with van der Waals surface area (Å²) in [6.45, 7) is 0.151. The van der Waals surface area contributed by atoms with E-state index < -0.39 is 33.1 Å². The third kappa shape index (κ3) is 5.35. The molecule has 3 aromatic carbocycles. The predicted octanol–water partition coefficient (Wildman–Crippen LogP) is 4.03. The quantitative estimate of drug-likeness (QED) is 0.366. The number of rotatable bonds is 7. The number of hydrogen-bond donors (Lipinski definition) is 4. The van der Waals surface area contributed by atoms with Crippen LogP contribution >= 0.6 is 11.6 Å². The molecule has 0 spiro atoms. The molecular formula is C25H24ClFN4O4S. The first-order chi connectivity index (χ1) is 17.0. The summed E-state index contributed by atoms with van der Waals surface area (Å²) in [7, 11) is -3.54. The zero-order chi connectivity index (χ0) is 26.1. The van der Waals surface area contributed by atoms with Crippen LogP contribution in [0.2, 0.25) is 5.02 Å². The topological polar surface area (TPSA) is 130 Å². The van der Waals surface area contributed by atoms with Gasteiger partial charge in [0.15, 0.2) is 9.84 Å². The summed E-state index contributed by atoms with van der Waals surface area (Å²) in [6.07, 6.45) is 1.38. The second-order valence-electron chi connectivity index (χ2n) is 8.61. The Morgan fingerprint density at radius 1 is 1.08 bits per heavy atom. The van der Waals surface area contributed by atoms with E-state index in [1.54, 1.807) is 42.5 Å². The van der Waals surface area contributed by atoms with Gasteiger partial charge in [-0.05, 0) is 61.0 Å². The highest BCUT2D eigenvalue weighted by atomic mass is 35.5. The van der Waals surface area contributed by atoms with Gasteiger partial charge in [-0.2, -0.15) is 0 Å². The number of benzene rings is 3. The maximum Gasteiger partial charge on any atom is 0.320 e. The number of amides is 3. The van der Waals surface area contributed by atoms with Crippen LogP contribution in [0, 0.1) is 11.7 Å². The first kappa shape index (κ1) is 25.6. The van der Waals surface area contributed by atoms with Crippen LogP contribution in [-0.4, -0.2) is 38.7 Å².